The van der Waals surface area contributed by atoms with E-state index in [0.29, 0.717) is 12.0 Å². The predicted molar refractivity (Wildman–Crippen MR) is 67.4 cm³/mol. The second kappa shape index (κ2) is 4.42. The van der Waals surface area contributed by atoms with Gasteiger partial charge in [0.1, 0.15) is 5.82 Å². The molecule has 1 aliphatic rings. The molecule has 3 heteroatoms. The van der Waals surface area contributed by atoms with E-state index in [2.05, 4.69) is 35.9 Å². The quantitative estimate of drug-likeness (QED) is 0.829. The van der Waals surface area contributed by atoms with E-state index < -0.39 is 0 Å². The van der Waals surface area contributed by atoms with E-state index in [1.54, 1.807) is 0 Å². The van der Waals surface area contributed by atoms with Crippen molar-refractivity contribution in [1.82, 2.24) is 4.98 Å². The van der Waals surface area contributed by atoms with Crippen molar-refractivity contribution in [3.63, 3.8) is 0 Å². The third kappa shape index (κ3) is 2.53. The number of hydrogen-bond acceptors (Lipinski definition) is 3. The molecular weight excluding hydrogens is 198 g/mol. The predicted octanol–water partition coefficient (Wildman–Crippen LogP) is 2.17. The first-order chi connectivity index (χ1) is 7.61. The van der Waals surface area contributed by atoms with E-state index in [1.165, 1.54) is 12.8 Å². The van der Waals surface area contributed by atoms with E-state index in [-0.39, 0.29) is 0 Å². The van der Waals surface area contributed by atoms with Crippen LogP contribution in [0, 0.1) is 5.41 Å². The van der Waals surface area contributed by atoms with Crippen molar-refractivity contribution >= 4 is 5.82 Å². The fourth-order valence-electron chi connectivity index (χ4n) is 2.34. The summed E-state index contributed by atoms with van der Waals surface area (Å²) in [7, 11) is 0. The zero-order valence-corrected chi connectivity index (χ0v) is 10.2. The van der Waals surface area contributed by atoms with Gasteiger partial charge in [-0.1, -0.05) is 19.9 Å². The minimum atomic E-state index is 0.409. The van der Waals surface area contributed by atoms with E-state index in [9.17, 15) is 0 Å². The minimum Gasteiger partial charge on any atom is -0.356 e. The summed E-state index contributed by atoms with van der Waals surface area (Å²) < 4.78 is 0. The molecule has 1 fully saturated rings. The Labute approximate surface area is 97.7 Å². The van der Waals surface area contributed by atoms with E-state index >= 15 is 0 Å². The molecule has 0 unspecified atom stereocenters. The molecule has 0 saturated carbocycles. The van der Waals surface area contributed by atoms with Crippen molar-refractivity contribution in [2.45, 2.75) is 33.2 Å². The van der Waals surface area contributed by atoms with Crippen LogP contribution in [0.1, 0.15) is 32.3 Å². The number of anilines is 1. The van der Waals surface area contributed by atoms with Gasteiger partial charge >= 0.3 is 0 Å². The van der Waals surface area contributed by atoms with Crippen LogP contribution in [0.4, 0.5) is 5.82 Å². The van der Waals surface area contributed by atoms with Crippen molar-refractivity contribution < 1.29 is 0 Å². The molecule has 0 amide bonds. The average molecular weight is 219 g/mol. The molecule has 1 aromatic heterocycles. The Morgan fingerprint density at radius 1 is 1.44 bits per heavy atom. The summed E-state index contributed by atoms with van der Waals surface area (Å²) in [5.74, 6) is 1.09. The van der Waals surface area contributed by atoms with Crippen LogP contribution in [-0.2, 0) is 6.54 Å². The Bertz CT molecular complexity index is 343. The molecule has 2 rings (SSSR count). The lowest BCUT2D eigenvalue weighted by Gasteiger charge is -2.38. The molecule has 0 bridgehead atoms. The summed E-state index contributed by atoms with van der Waals surface area (Å²) in [5, 5.41) is 0. The summed E-state index contributed by atoms with van der Waals surface area (Å²) in [6.07, 6.45) is 4.45. The van der Waals surface area contributed by atoms with Gasteiger partial charge < -0.3 is 10.6 Å². The smallest absolute Gasteiger partial charge is 0.128 e. The van der Waals surface area contributed by atoms with Gasteiger partial charge in [-0.05, 0) is 29.9 Å². The van der Waals surface area contributed by atoms with Crippen molar-refractivity contribution in [2.24, 2.45) is 11.1 Å². The van der Waals surface area contributed by atoms with Crippen molar-refractivity contribution in [3.05, 3.63) is 23.9 Å². The lowest BCUT2D eigenvalue weighted by atomic mass is 9.84. The Morgan fingerprint density at radius 3 is 2.81 bits per heavy atom. The van der Waals surface area contributed by atoms with Crippen molar-refractivity contribution in [2.75, 3.05) is 18.0 Å². The maximum absolute atomic E-state index is 5.57. The van der Waals surface area contributed by atoms with Gasteiger partial charge in [0.05, 0.1) is 0 Å². The molecule has 0 aliphatic carbocycles. The molecule has 0 radical (unpaired) electrons. The molecule has 1 aromatic rings. The molecule has 0 aromatic carbocycles. The van der Waals surface area contributed by atoms with E-state index in [1.807, 2.05) is 6.20 Å². The molecule has 88 valence electrons. The lowest BCUT2D eigenvalue weighted by Crippen LogP contribution is -2.40. The second-order valence-corrected chi connectivity index (χ2v) is 5.42. The molecule has 3 nitrogen and oxygen atoms in total. The first kappa shape index (κ1) is 11.4. The van der Waals surface area contributed by atoms with Gasteiger partial charge in [-0.3, -0.25) is 0 Å². The fourth-order valence-corrected chi connectivity index (χ4v) is 2.34. The standard InChI is InChI=1S/C13H21N3/c1-13(2)6-3-7-16(10-13)12-5-4-11(8-14)9-15-12/h4-5,9H,3,6-8,10,14H2,1-2H3. The zero-order valence-electron chi connectivity index (χ0n) is 10.2. The number of aromatic nitrogens is 1. The van der Waals surface area contributed by atoms with Gasteiger partial charge in [0.2, 0.25) is 0 Å². The number of nitrogens with two attached hydrogens (primary N) is 1. The summed E-state index contributed by atoms with van der Waals surface area (Å²) in [5.41, 5.74) is 7.07. The van der Waals surface area contributed by atoms with Crippen LogP contribution in [0.15, 0.2) is 18.3 Å². The van der Waals surface area contributed by atoms with Crippen LogP contribution < -0.4 is 10.6 Å². The normalized spacial score (nSPS) is 19.8. The Kier molecular flexibility index (Phi) is 3.15. The van der Waals surface area contributed by atoms with Gasteiger partial charge in [-0.15, -0.1) is 0 Å². The second-order valence-electron chi connectivity index (χ2n) is 5.42. The number of hydrogen-bond donors (Lipinski definition) is 1. The molecular formula is C13H21N3. The molecule has 1 saturated heterocycles. The van der Waals surface area contributed by atoms with Crippen LogP contribution in [0.5, 0.6) is 0 Å². The number of rotatable bonds is 2. The Balaban J connectivity index is 2.11. The summed E-state index contributed by atoms with van der Waals surface area (Å²) in [6, 6.07) is 4.16. The zero-order chi connectivity index (χ0) is 11.6. The third-order valence-corrected chi connectivity index (χ3v) is 3.27. The van der Waals surface area contributed by atoms with Crippen LogP contribution in [-0.4, -0.2) is 18.1 Å². The van der Waals surface area contributed by atoms with E-state index in [0.717, 1.165) is 24.5 Å². The topological polar surface area (TPSA) is 42.1 Å². The number of pyridine rings is 1. The monoisotopic (exact) mass is 219 g/mol. The van der Waals surface area contributed by atoms with Crippen LogP contribution in [0.2, 0.25) is 0 Å². The highest BCUT2D eigenvalue weighted by Gasteiger charge is 2.26. The Morgan fingerprint density at radius 2 is 2.25 bits per heavy atom. The van der Waals surface area contributed by atoms with Crippen LogP contribution >= 0.6 is 0 Å². The number of nitrogens with zero attached hydrogens (tertiary/aromatic N) is 2. The Hall–Kier alpha value is -1.09. The molecule has 2 N–H and O–H groups in total. The highest BCUT2D eigenvalue weighted by Crippen LogP contribution is 2.30. The molecule has 0 atom stereocenters. The molecule has 1 aliphatic heterocycles. The van der Waals surface area contributed by atoms with Crippen molar-refractivity contribution in [3.8, 4) is 0 Å². The highest BCUT2D eigenvalue weighted by atomic mass is 15.2. The van der Waals surface area contributed by atoms with Gasteiger partial charge in [0.15, 0.2) is 0 Å². The third-order valence-electron chi connectivity index (χ3n) is 3.27. The first-order valence-corrected chi connectivity index (χ1v) is 6.01. The first-order valence-electron chi connectivity index (χ1n) is 6.01. The van der Waals surface area contributed by atoms with Gasteiger partial charge in [0.25, 0.3) is 0 Å². The summed E-state index contributed by atoms with van der Waals surface area (Å²) in [6.45, 7) is 7.44. The molecule has 16 heavy (non-hydrogen) atoms. The van der Waals surface area contributed by atoms with Crippen LogP contribution in [0.3, 0.4) is 0 Å². The average Bonchev–Trinajstić information content (AvgIpc) is 2.28. The highest BCUT2D eigenvalue weighted by molar-refractivity contribution is 5.40. The van der Waals surface area contributed by atoms with Crippen molar-refractivity contribution in [1.29, 1.82) is 0 Å². The SMILES string of the molecule is CC1(C)CCCN(c2ccc(CN)cn2)C1. The van der Waals surface area contributed by atoms with Crippen LogP contribution in [0.25, 0.3) is 0 Å². The van der Waals surface area contributed by atoms with Gasteiger partial charge in [-0.2, -0.15) is 0 Å². The minimum absolute atomic E-state index is 0.409. The van der Waals surface area contributed by atoms with E-state index in [4.69, 9.17) is 5.73 Å². The largest absolute Gasteiger partial charge is 0.356 e. The van der Waals surface area contributed by atoms with Gasteiger partial charge in [0, 0.05) is 25.8 Å². The maximum Gasteiger partial charge on any atom is 0.128 e. The van der Waals surface area contributed by atoms with Gasteiger partial charge in [-0.25, -0.2) is 4.98 Å². The molecule has 2 heterocycles. The summed E-state index contributed by atoms with van der Waals surface area (Å²) >= 11 is 0. The lowest BCUT2D eigenvalue weighted by molar-refractivity contribution is 0.292. The summed E-state index contributed by atoms with van der Waals surface area (Å²) in [4.78, 5) is 6.86. The fraction of sp³-hybridized carbons (Fsp3) is 0.615. The molecule has 0 spiro atoms. The maximum atomic E-state index is 5.57. The number of piperidine rings is 1.